The summed E-state index contributed by atoms with van der Waals surface area (Å²) < 4.78 is 12.3. The van der Waals surface area contributed by atoms with Gasteiger partial charge in [-0.05, 0) is 25.7 Å². The van der Waals surface area contributed by atoms with Gasteiger partial charge in [-0.25, -0.2) is 0 Å². The van der Waals surface area contributed by atoms with Crippen molar-refractivity contribution >= 4 is 21.5 Å². The molecule has 0 atom stereocenters. The molecule has 0 bridgehead atoms. The Balaban J connectivity index is 2.03. The van der Waals surface area contributed by atoms with E-state index in [-0.39, 0.29) is 13.2 Å². The van der Waals surface area contributed by atoms with Gasteiger partial charge in [0.25, 0.3) is 0 Å². The average Bonchev–Trinajstić information content (AvgIpc) is 2.69. The molecule has 0 aliphatic heterocycles. The molecule has 0 saturated carbocycles. The number of hydrogen-bond acceptors (Lipinski definition) is 4. The molecule has 0 unspecified atom stereocenters. The highest BCUT2D eigenvalue weighted by Crippen LogP contribution is 2.42. The van der Waals surface area contributed by atoms with Crippen molar-refractivity contribution in [3.8, 4) is 11.5 Å². The van der Waals surface area contributed by atoms with Gasteiger partial charge in [0.2, 0.25) is 0 Å². The second-order valence-corrected chi connectivity index (χ2v) is 6.31. The van der Waals surface area contributed by atoms with Crippen LogP contribution < -0.4 is 9.47 Å². The summed E-state index contributed by atoms with van der Waals surface area (Å²) in [5, 5.41) is 22.1. The van der Waals surface area contributed by atoms with Gasteiger partial charge in [0.1, 0.15) is 11.5 Å². The molecule has 138 valence electrons. The molecule has 4 heteroatoms. The van der Waals surface area contributed by atoms with E-state index in [1.807, 2.05) is 24.3 Å². The zero-order chi connectivity index (χ0) is 18.2. The topological polar surface area (TPSA) is 58.9 Å². The van der Waals surface area contributed by atoms with Crippen molar-refractivity contribution in [2.45, 2.75) is 25.7 Å². The van der Waals surface area contributed by atoms with Crippen LogP contribution in [-0.4, -0.2) is 36.6 Å². The van der Waals surface area contributed by atoms with Gasteiger partial charge in [-0.3, -0.25) is 0 Å². The molecule has 3 aromatic carbocycles. The Morgan fingerprint density at radius 1 is 0.538 bits per heavy atom. The van der Waals surface area contributed by atoms with E-state index in [9.17, 15) is 0 Å². The average molecular weight is 354 g/mol. The summed E-state index contributed by atoms with van der Waals surface area (Å²) in [7, 11) is 0. The van der Waals surface area contributed by atoms with E-state index in [1.165, 1.54) is 0 Å². The molecule has 0 aliphatic carbocycles. The molecule has 4 nitrogen and oxygen atoms in total. The maximum absolute atomic E-state index is 8.98. The fraction of sp³-hybridized carbons (Fsp3) is 0.364. The van der Waals surface area contributed by atoms with Crippen molar-refractivity contribution in [1.29, 1.82) is 0 Å². The number of hydrogen-bond donors (Lipinski definition) is 2. The van der Waals surface area contributed by atoms with E-state index in [1.54, 1.807) is 0 Å². The molecule has 0 fully saturated rings. The molecule has 3 aromatic rings. The highest BCUT2D eigenvalue weighted by Gasteiger charge is 2.15. The lowest BCUT2D eigenvalue weighted by molar-refractivity contribution is 0.254. The van der Waals surface area contributed by atoms with Crippen molar-refractivity contribution in [3.63, 3.8) is 0 Å². The van der Waals surface area contributed by atoms with E-state index in [2.05, 4.69) is 24.3 Å². The highest BCUT2D eigenvalue weighted by molar-refractivity contribution is 6.11. The van der Waals surface area contributed by atoms with E-state index in [0.717, 1.165) is 58.7 Å². The van der Waals surface area contributed by atoms with Crippen LogP contribution in [-0.2, 0) is 0 Å². The summed E-state index contributed by atoms with van der Waals surface area (Å²) in [6.07, 6.45) is 3.11. The predicted molar refractivity (Wildman–Crippen MR) is 105 cm³/mol. The van der Waals surface area contributed by atoms with Gasteiger partial charge in [0.05, 0.1) is 13.2 Å². The SMILES string of the molecule is OCCCCOc1c2ccccc2c(OCCCCO)c2ccccc12. The summed E-state index contributed by atoms with van der Waals surface area (Å²) in [5.41, 5.74) is 0. The van der Waals surface area contributed by atoms with Crippen LogP contribution >= 0.6 is 0 Å². The van der Waals surface area contributed by atoms with Gasteiger partial charge < -0.3 is 19.7 Å². The molecular weight excluding hydrogens is 328 g/mol. The minimum atomic E-state index is 0.186. The van der Waals surface area contributed by atoms with Crippen LogP contribution in [0.3, 0.4) is 0 Å². The minimum absolute atomic E-state index is 0.186. The van der Waals surface area contributed by atoms with Gasteiger partial charge in [0.15, 0.2) is 0 Å². The number of benzene rings is 3. The van der Waals surface area contributed by atoms with Gasteiger partial charge in [0, 0.05) is 34.8 Å². The van der Waals surface area contributed by atoms with Crippen LogP contribution in [0.5, 0.6) is 11.5 Å². The van der Waals surface area contributed by atoms with Crippen LogP contribution in [0.1, 0.15) is 25.7 Å². The van der Waals surface area contributed by atoms with Crippen molar-refractivity contribution in [3.05, 3.63) is 48.5 Å². The maximum Gasteiger partial charge on any atom is 0.135 e. The number of aliphatic hydroxyl groups is 2. The number of fused-ring (bicyclic) bond motifs is 2. The summed E-state index contributed by atoms with van der Waals surface area (Å²) in [4.78, 5) is 0. The fourth-order valence-electron chi connectivity index (χ4n) is 3.14. The van der Waals surface area contributed by atoms with E-state index in [0.29, 0.717) is 13.2 Å². The summed E-state index contributed by atoms with van der Waals surface area (Å²) in [6.45, 7) is 1.52. The van der Waals surface area contributed by atoms with Crippen molar-refractivity contribution in [2.24, 2.45) is 0 Å². The second kappa shape index (κ2) is 9.41. The first-order valence-electron chi connectivity index (χ1n) is 9.27. The molecule has 3 rings (SSSR count). The third-order valence-electron chi connectivity index (χ3n) is 4.43. The lowest BCUT2D eigenvalue weighted by Crippen LogP contribution is -2.03. The Bertz CT molecular complexity index is 717. The minimum Gasteiger partial charge on any atom is -0.492 e. The largest absolute Gasteiger partial charge is 0.492 e. The summed E-state index contributed by atoms with van der Waals surface area (Å²) in [6, 6.07) is 16.3. The lowest BCUT2D eigenvalue weighted by Gasteiger charge is -2.17. The van der Waals surface area contributed by atoms with Crippen LogP contribution in [0.15, 0.2) is 48.5 Å². The van der Waals surface area contributed by atoms with Crippen LogP contribution in [0.25, 0.3) is 21.5 Å². The van der Waals surface area contributed by atoms with Gasteiger partial charge in [-0.15, -0.1) is 0 Å². The predicted octanol–water partition coefficient (Wildman–Crippen LogP) is 4.30. The maximum atomic E-state index is 8.98. The zero-order valence-electron chi connectivity index (χ0n) is 15.0. The highest BCUT2D eigenvalue weighted by atomic mass is 16.5. The van der Waals surface area contributed by atoms with E-state index in [4.69, 9.17) is 19.7 Å². The van der Waals surface area contributed by atoms with Crippen molar-refractivity contribution in [2.75, 3.05) is 26.4 Å². The first-order valence-corrected chi connectivity index (χ1v) is 9.27. The molecule has 26 heavy (non-hydrogen) atoms. The first-order chi connectivity index (χ1) is 12.9. The Morgan fingerprint density at radius 3 is 1.19 bits per heavy atom. The Labute approximate surface area is 154 Å². The zero-order valence-corrected chi connectivity index (χ0v) is 15.0. The number of aliphatic hydroxyl groups excluding tert-OH is 2. The Morgan fingerprint density at radius 2 is 0.885 bits per heavy atom. The third kappa shape index (κ3) is 4.09. The van der Waals surface area contributed by atoms with Gasteiger partial charge in [-0.1, -0.05) is 48.5 Å². The molecule has 2 N–H and O–H groups in total. The molecule has 0 aromatic heterocycles. The second-order valence-electron chi connectivity index (χ2n) is 6.31. The summed E-state index contributed by atoms with van der Waals surface area (Å²) in [5.74, 6) is 1.74. The monoisotopic (exact) mass is 354 g/mol. The van der Waals surface area contributed by atoms with E-state index < -0.39 is 0 Å². The fourth-order valence-corrected chi connectivity index (χ4v) is 3.14. The molecule has 0 aliphatic rings. The quantitative estimate of drug-likeness (QED) is 0.421. The molecule has 0 amide bonds. The number of rotatable bonds is 10. The van der Waals surface area contributed by atoms with E-state index >= 15 is 0 Å². The van der Waals surface area contributed by atoms with Crippen LogP contribution in [0, 0.1) is 0 Å². The third-order valence-corrected chi connectivity index (χ3v) is 4.43. The molecule has 0 saturated heterocycles. The Kier molecular flexibility index (Phi) is 6.69. The lowest BCUT2D eigenvalue weighted by atomic mass is 10.0. The van der Waals surface area contributed by atoms with Crippen molar-refractivity contribution in [1.82, 2.24) is 0 Å². The number of ether oxygens (including phenoxy) is 2. The summed E-state index contributed by atoms with van der Waals surface area (Å²) >= 11 is 0. The molecule has 0 spiro atoms. The Hall–Kier alpha value is -2.30. The van der Waals surface area contributed by atoms with Crippen molar-refractivity contribution < 1.29 is 19.7 Å². The van der Waals surface area contributed by atoms with Crippen LogP contribution in [0.4, 0.5) is 0 Å². The number of unbranched alkanes of at least 4 members (excludes halogenated alkanes) is 2. The molecular formula is C22H26O4. The van der Waals surface area contributed by atoms with Gasteiger partial charge >= 0.3 is 0 Å². The normalized spacial score (nSPS) is 11.2. The smallest absolute Gasteiger partial charge is 0.135 e. The standard InChI is InChI=1S/C22H26O4/c23-13-5-7-15-25-21-17-9-1-2-10-18(17)22(26-16-8-6-14-24)20-12-4-3-11-19(20)21/h1-4,9-12,23-24H,5-8,13-16H2. The molecule has 0 heterocycles. The van der Waals surface area contributed by atoms with Gasteiger partial charge in [-0.2, -0.15) is 0 Å². The molecule has 0 radical (unpaired) electrons. The first kappa shape index (κ1) is 18.5. The van der Waals surface area contributed by atoms with Crippen LogP contribution in [0.2, 0.25) is 0 Å².